The second-order valence-corrected chi connectivity index (χ2v) is 0.741. The van der Waals surface area contributed by atoms with E-state index in [1.165, 1.54) is 0 Å². The van der Waals surface area contributed by atoms with Gasteiger partial charge in [-0.15, -0.1) is 0 Å². The van der Waals surface area contributed by atoms with Gasteiger partial charge in [-0.05, 0) is 0 Å². The predicted molar refractivity (Wildman–Crippen MR) is 14.0 cm³/mol. The molecule has 0 spiro atoms. The van der Waals surface area contributed by atoms with Gasteiger partial charge < -0.3 is 0 Å². The van der Waals surface area contributed by atoms with Crippen LogP contribution in [0.3, 0.4) is 0 Å². The topological polar surface area (TPSA) is 32.6 Å². The molecule has 0 unspecified atom stereocenters. The molecule has 0 amide bonds. The monoisotopic (exact) mass is 74.0 g/mol. The molecule has 29 valence electrons. The maximum absolute atomic E-state index is 4.35. The highest BCUT2D eigenvalue weighted by molar-refractivity contribution is 4.22. The van der Waals surface area contributed by atoms with Crippen molar-refractivity contribution in [2.75, 3.05) is 13.2 Å². The number of rotatable bonds is 0. The fraction of sp³-hybridized carbons (Fsp3) is 1.00. The molecule has 0 atom stereocenters. The van der Waals surface area contributed by atoms with Crippen LogP contribution in [0.5, 0.6) is 0 Å². The first-order valence-corrected chi connectivity index (χ1v) is 1.44. The lowest BCUT2D eigenvalue weighted by Gasteiger charge is -1.72. The van der Waals surface area contributed by atoms with Crippen molar-refractivity contribution >= 4 is 0 Å². The molecule has 1 aliphatic rings. The molecule has 0 aliphatic carbocycles. The molecule has 3 nitrogen and oxygen atoms in total. The first-order chi connectivity index (χ1) is 2.50. The fourth-order valence-corrected chi connectivity index (χ4v) is 0.186. The van der Waals surface area contributed by atoms with Crippen molar-refractivity contribution < 1.29 is 9.68 Å². The Bertz CT molecular complexity index is 19.2. The van der Waals surface area contributed by atoms with Crippen molar-refractivity contribution in [3.05, 3.63) is 0 Å². The molecule has 3 heteroatoms. The van der Waals surface area contributed by atoms with E-state index in [4.69, 9.17) is 0 Å². The van der Waals surface area contributed by atoms with Crippen LogP contribution < -0.4 is 5.64 Å². The van der Waals surface area contributed by atoms with E-state index in [0.29, 0.717) is 13.2 Å². The maximum Gasteiger partial charge on any atom is 0.0984 e. The highest BCUT2D eigenvalue weighted by Gasteiger charge is 1.96. The van der Waals surface area contributed by atoms with Gasteiger partial charge in [0.1, 0.15) is 0 Å². The van der Waals surface area contributed by atoms with Gasteiger partial charge in [-0.2, -0.15) is 0 Å². The van der Waals surface area contributed by atoms with Crippen LogP contribution in [0, 0.1) is 0 Å². The fourth-order valence-electron chi connectivity index (χ4n) is 0.186. The van der Waals surface area contributed by atoms with E-state index in [2.05, 4.69) is 15.3 Å². The molecule has 1 aliphatic heterocycles. The molecule has 1 saturated heterocycles. The van der Waals surface area contributed by atoms with E-state index in [1.54, 1.807) is 0 Å². The predicted octanol–water partition coefficient (Wildman–Crippen LogP) is -0.532. The second-order valence-electron chi connectivity index (χ2n) is 0.741. The third-order valence-electron chi connectivity index (χ3n) is 0.371. The maximum atomic E-state index is 4.35. The summed E-state index contributed by atoms with van der Waals surface area (Å²) < 4.78 is 0. The highest BCUT2D eigenvalue weighted by Crippen LogP contribution is 1.80. The minimum absolute atomic E-state index is 0.611. The summed E-state index contributed by atoms with van der Waals surface area (Å²) in [5.41, 5.74) is 3.08. The lowest BCUT2D eigenvalue weighted by Crippen LogP contribution is -1.88. The van der Waals surface area contributed by atoms with Crippen LogP contribution in [0.1, 0.15) is 0 Å². The lowest BCUT2D eigenvalue weighted by molar-refractivity contribution is -0.0788. The Hall–Kier alpha value is -0.120. The van der Waals surface area contributed by atoms with Crippen LogP contribution in [-0.4, -0.2) is 13.2 Å². The van der Waals surface area contributed by atoms with Gasteiger partial charge in [-0.1, -0.05) is 0 Å². The summed E-state index contributed by atoms with van der Waals surface area (Å²) >= 11 is 0. The summed E-state index contributed by atoms with van der Waals surface area (Å²) in [5.74, 6) is 0. The van der Waals surface area contributed by atoms with Crippen molar-refractivity contribution in [1.29, 1.82) is 0 Å². The van der Waals surface area contributed by atoms with Gasteiger partial charge in [0.15, 0.2) is 0 Å². The third-order valence-corrected chi connectivity index (χ3v) is 0.371. The number of hydrogen-bond donors (Lipinski definition) is 0. The minimum atomic E-state index is 0.611. The molecule has 1 rings (SSSR count). The van der Waals surface area contributed by atoms with Crippen molar-refractivity contribution in [2.24, 2.45) is 0 Å². The van der Waals surface area contributed by atoms with Gasteiger partial charge in [0.2, 0.25) is 0 Å². The largest absolute Gasteiger partial charge is 0.254 e. The Morgan fingerprint density at radius 3 is 2.00 bits per heavy atom. The molecule has 0 saturated carbocycles. The molecule has 5 heavy (non-hydrogen) atoms. The third kappa shape index (κ3) is 0.576. The normalized spacial score (nSPS) is 24.0. The van der Waals surface area contributed by atoms with E-state index in [-0.39, 0.29) is 0 Å². The van der Waals surface area contributed by atoms with E-state index in [1.807, 2.05) is 0 Å². The summed E-state index contributed by atoms with van der Waals surface area (Å²) in [6.45, 7) is 1.22. The van der Waals surface area contributed by atoms with Crippen LogP contribution in [-0.2, 0) is 9.68 Å². The average Bonchev–Trinajstić information content (AvgIpc) is 1.76. The van der Waals surface area contributed by atoms with Crippen LogP contribution in [0.4, 0.5) is 0 Å². The first-order valence-electron chi connectivity index (χ1n) is 1.44. The van der Waals surface area contributed by atoms with Gasteiger partial charge in [-0.3, -0.25) is 9.68 Å². The zero-order valence-corrected chi connectivity index (χ0v) is 2.68. The summed E-state index contributed by atoms with van der Waals surface area (Å²) in [7, 11) is 0. The van der Waals surface area contributed by atoms with Crippen molar-refractivity contribution in [2.45, 2.75) is 0 Å². The van der Waals surface area contributed by atoms with E-state index in [0.717, 1.165) is 0 Å². The van der Waals surface area contributed by atoms with Crippen molar-refractivity contribution in [3.63, 3.8) is 0 Å². The van der Waals surface area contributed by atoms with Gasteiger partial charge in [0.05, 0.1) is 18.9 Å². The highest BCUT2D eigenvalue weighted by atomic mass is 16.9. The first kappa shape index (κ1) is 3.08. The SMILES string of the molecule is C1CO[N]O1. The molecule has 0 aromatic heterocycles. The molecular weight excluding hydrogens is 70.0 g/mol. The van der Waals surface area contributed by atoms with E-state index in [9.17, 15) is 0 Å². The molecule has 1 fully saturated rings. The molecule has 0 bridgehead atoms. The quantitative estimate of drug-likeness (QED) is 0.387. The average molecular weight is 74.1 g/mol. The molecule has 0 N–H and O–H groups in total. The van der Waals surface area contributed by atoms with Crippen LogP contribution in [0.2, 0.25) is 0 Å². The zero-order chi connectivity index (χ0) is 3.54. The standard InChI is InChI=1S/C2H4NO2/c1-2-5-3-4-1/h1-2H2. The number of hydrogen-bond acceptors (Lipinski definition) is 2. The van der Waals surface area contributed by atoms with Gasteiger partial charge in [-0.25, -0.2) is 0 Å². The number of nitrogens with zero attached hydrogens (tertiary/aromatic N) is 1. The van der Waals surface area contributed by atoms with E-state index >= 15 is 0 Å². The van der Waals surface area contributed by atoms with Gasteiger partial charge >= 0.3 is 0 Å². The van der Waals surface area contributed by atoms with Gasteiger partial charge in [0, 0.05) is 0 Å². The Morgan fingerprint density at radius 1 is 1.20 bits per heavy atom. The molecule has 0 aromatic carbocycles. The molecule has 0 aromatic rings. The molecule has 1 heterocycles. The summed E-state index contributed by atoms with van der Waals surface area (Å²) in [6, 6.07) is 0. The lowest BCUT2D eigenvalue weighted by atomic mass is 10.8. The zero-order valence-electron chi connectivity index (χ0n) is 2.68. The minimum Gasteiger partial charge on any atom is -0.254 e. The Morgan fingerprint density at radius 2 is 1.80 bits per heavy atom. The van der Waals surface area contributed by atoms with Crippen LogP contribution in [0.15, 0.2) is 0 Å². The molecular formula is C2H4NO2. The van der Waals surface area contributed by atoms with Gasteiger partial charge in [0.25, 0.3) is 0 Å². The van der Waals surface area contributed by atoms with Crippen LogP contribution >= 0.6 is 0 Å². The Balaban J connectivity index is 2.08. The smallest absolute Gasteiger partial charge is 0.0984 e. The summed E-state index contributed by atoms with van der Waals surface area (Å²) in [5, 5.41) is 0. The molecule has 1 radical (unpaired) electrons. The van der Waals surface area contributed by atoms with Crippen molar-refractivity contribution in [1.82, 2.24) is 5.64 Å². The summed E-state index contributed by atoms with van der Waals surface area (Å²) in [6.07, 6.45) is 0. The Kier molecular flexibility index (Phi) is 0.834. The van der Waals surface area contributed by atoms with Crippen molar-refractivity contribution in [3.8, 4) is 0 Å². The second kappa shape index (κ2) is 1.35. The van der Waals surface area contributed by atoms with Crippen LogP contribution in [0.25, 0.3) is 0 Å². The Labute approximate surface area is 29.8 Å². The summed E-state index contributed by atoms with van der Waals surface area (Å²) in [4.78, 5) is 8.69. The van der Waals surface area contributed by atoms with E-state index < -0.39 is 0 Å².